The average molecular weight is 266 g/mol. The molecule has 1 rings (SSSR count). The van der Waals surface area contributed by atoms with Crippen LogP contribution in [-0.2, 0) is 4.74 Å². The van der Waals surface area contributed by atoms with E-state index in [2.05, 4.69) is 31.1 Å². The van der Waals surface area contributed by atoms with Crippen LogP contribution in [0.5, 0.6) is 5.75 Å². The molecule has 1 unspecified atom stereocenters. The lowest BCUT2D eigenvalue weighted by Crippen LogP contribution is -2.40. The van der Waals surface area contributed by atoms with Crippen molar-refractivity contribution in [2.45, 2.75) is 52.4 Å². The van der Waals surface area contributed by atoms with Crippen molar-refractivity contribution in [2.24, 2.45) is 0 Å². The van der Waals surface area contributed by atoms with E-state index in [0.29, 0.717) is 0 Å². The van der Waals surface area contributed by atoms with Crippen molar-refractivity contribution in [3.05, 3.63) is 24.0 Å². The Bertz CT molecular complexity index is 391. The molecule has 108 valence electrons. The summed E-state index contributed by atoms with van der Waals surface area (Å²) in [5.74, 6) is 0.794. The summed E-state index contributed by atoms with van der Waals surface area (Å²) in [5.41, 5.74) is 0.764. The molecule has 1 aromatic rings. The third kappa shape index (κ3) is 4.48. The average Bonchev–Trinajstić information content (AvgIpc) is 2.35. The SMILES string of the molecule is CCNC(c1cncc(OC(C)C)c1)C(C)(C)OC. The summed E-state index contributed by atoms with van der Waals surface area (Å²) < 4.78 is 11.3. The number of nitrogens with zero attached hydrogens (tertiary/aromatic N) is 1. The van der Waals surface area contributed by atoms with E-state index in [4.69, 9.17) is 9.47 Å². The molecule has 1 atom stereocenters. The van der Waals surface area contributed by atoms with Crippen LogP contribution in [-0.4, -0.2) is 30.3 Å². The van der Waals surface area contributed by atoms with Gasteiger partial charge in [0.2, 0.25) is 0 Å². The van der Waals surface area contributed by atoms with E-state index in [9.17, 15) is 0 Å². The molecular formula is C15H26N2O2. The van der Waals surface area contributed by atoms with Gasteiger partial charge in [-0.05, 0) is 45.9 Å². The fraction of sp³-hybridized carbons (Fsp3) is 0.667. The number of likely N-dealkylation sites (N-methyl/N-ethyl adjacent to an activating group) is 1. The molecule has 0 bridgehead atoms. The first-order valence-corrected chi connectivity index (χ1v) is 6.80. The van der Waals surface area contributed by atoms with Crippen molar-refractivity contribution >= 4 is 0 Å². The third-order valence-corrected chi connectivity index (χ3v) is 3.07. The quantitative estimate of drug-likeness (QED) is 0.824. The Kier molecular flexibility index (Phi) is 5.76. The fourth-order valence-corrected chi connectivity index (χ4v) is 2.02. The third-order valence-electron chi connectivity index (χ3n) is 3.07. The van der Waals surface area contributed by atoms with Crippen molar-refractivity contribution in [3.63, 3.8) is 0 Å². The van der Waals surface area contributed by atoms with E-state index >= 15 is 0 Å². The van der Waals surface area contributed by atoms with Crippen LogP contribution in [0, 0.1) is 0 Å². The van der Waals surface area contributed by atoms with Gasteiger partial charge in [-0.15, -0.1) is 0 Å². The maximum Gasteiger partial charge on any atom is 0.138 e. The molecule has 0 aliphatic carbocycles. The van der Waals surface area contributed by atoms with Gasteiger partial charge >= 0.3 is 0 Å². The summed E-state index contributed by atoms with van der Waals surface area (Å²) in [6, 6.07) is 2.10. The minimum atomic E-state index is -0.311. The molecule has 0 aliphatic heterocycles. The van der Waals surface area contributed by atoms with Crippen molar-refractivity contribution in [1.29, 1.82) is 0 Å². The van der Waals surface area contributed by atoms with Crippen LogP contribution in [0.2, 0.25) is 0 Å². The topological polar surface area (TPSA) is 43.4 Å². The number of pyridine rings is 1. The number of ether oxygens (including phenoxy) is 2. The van der Waals surface area contributed by atoms with Gasteiger partial charge in [0.1, 0.15) is 5.75 Å². The Labute approximate surface area is 116 Å². The highest BCUT2D eigenvalue weighted by atomic mass is 16.5. The Balaban J connectivity index is 3.02. The molecule has 0 saturated heterocycles. The molecule has 4 nitrogen and oxygen atoms in total. The summed E-state index contributed by atoms with van der Waals surface area (Å²) in [6.07, 6.45) is 3.75. The first kappa shape index (κ1) is 15.9. The first-order valence-electron chi connectivity index (χ1n) is 6.80. The maximum absolute atomic E-state index is 5.70. The van der Waals surface area contributed by atoms with Gasteiger partial charge in [0, 0.05) is 13.3 Å². The van der Waals surface area contributed by atoms with Gasteiger partial charge in [-0.2, -0.15) is 0 Å². The molecule has 0 aromatic carbocycles. The second-order valence-corrected chi connectivity index (χ2v) is 5.42. The van der Waals surface area contributed by atoms with Gasteiger partial charge in [-0.25, -0.2) is 0 Å². The minimum absolute atomic E-state index is 0.0747. The maximum atomic E-state index is 5.70. The zero-order valence-electron chi connectivity index (χ0n) is 12.9. The molecule has 1 N–H and O–H groups in total. The number of hydrogen-bond donors (Lipinski definition) is 1. The summed E-state index contributed by atoms with van der Waals surface area (Å²) >= 11 is 0. The van der Waals surface area contributed by atoms with E-state index in [1.54, 1.807) is 13.3 Å². The van der Waals surface area contributed by atoms with Crippen LogP contribution < -0.4 is 10.1 Å². The standard InChI is InChI=1S/C15H26N2O2/c1-7-17-14(15(4,5)18-6)12-8-13(10-16-9-12)19-11(2)3/h8-11,14,17H,7H2,1-6H3. The Morgan fingerprint density at radius 1 is 1.32 bits per heavy atom. The van der Waals surface area contributed by atoms with Crippen LogP contribution in [0.25, 0.3) is 0 Å². The van der Waals surface area contributed by atoms with Crippen molar-refractivity contribution < 1.29 is 9.47 Å². The minimum Gasteiger partial charge on any atom is -0.489 e. The lowest BCUT2D eigenvalue weighted by molar-refractivity contribution is -0.0108. The predicted molar refractivity (Wildman–Crippen MR) is 77.5 cm³/mol. The highest BCUT2D eigenvalue weighted by Gasteiger charge is 2.30. The number of nitrogens with one attached hydrogen (secondary N) is 1. The summed E-state index contributed by atoms with van der Waals surface area (Å²) in [5, 5.41) is 3.45. The highest BCUT2D eigenvalue weighted by Crippen LogP contribution is 2.29. The number of aromatic nitrogens is 1. The highest BCUT2D eigenvalue weighted by molar-refractivity contribution is 5.28. The zero-order valence-corrected chi connectivity index (χ0v) is 12.9. The van der Waals surface area contributed by atoms with E-state index in [1.807, 2.05) is 26.1 Å². The van der Waals surface area contributed by atoms with Crippen molar-refractivity contribution in [3.8, 4) is 5.75 Å². The van der Waals surface area contributed by atoms with E-state index in [-0.39, 0.29) is 17.7 Å². The Hall–Kier alpha value is -1.13. The molecule has 0 radical (unpaired) electrons. The smallest absolute Gasteiger partial charge is 0.138 e. The molecule has 0 spiro atoms. The van der Waals surface area contributed by atoms with Crippen LogP contribution in [0.1, 0.15) is 46.2 Å². The van der Waals surface area contributed by atoms with Gasteiger partial charge in [0.05, 0.1) is 23.9 Å². The van der Waals surface area contributed by atoms with E-state index < -0.39 is 0 Å². The fourth-order valence-electron chi connectivity index (χ4n) is 2.02. The molecule has 19 heavy (non-hydrogen) atoms. The first-order chi connectivity index (χ1) is 8.90. The van der Waals surface area contributed by atoms with E-state index in [1.165, 1.54) is 0 Å². The number of rotatable bonds is 7. The summed E-state index contributed by atoms with van der Waals surface area (Å²) in [7, 11) is 1.73. The molecule has 0 aliphatic rings. The normalized spacial score (nSPS) is 13.6. The van der Waals surface area contributed by atoms with Gasteiger partial charge in [0.25, 0.3) is 0 Å². The van der Waals surface area contributed by atoms with Gasteiger partial charge in [-0.1, -0.05) is 6.92 Å². The van der Waals surface area contributed by atoms with Crippen LogP contribution >= 0.6 is 0 Å². The zero-order chi connectivity index (χ0) is 14.5. The largest absolute Gasteiger partial charge is 0.489 e. The monoisotopic (exact) mass is 266 g/mol. The lowest BCUT2D eigenvalue weighted by atomic mass is 9.92. The van der Waals surface area contributed by atoms with Crippen LogP contribution in [0.3, 0.4) is 0 Å². The van der Waals surface area contributed by atoms with Crippen LogP contribution in [0.15, 0.2) is 18.5 Å². The van der Waals surface area contributed by atoms with Gasteiger partial charge in [-0.3, -0.25) is 4.98 Å². The second kappa shape index (κ2) is 6.87. The molecular weight excluding hydrogens is 240 g/mol. The molecule has 0 amide bonds. The molecule has 0 fully saturated rings. The summed E-state index contributed by atoms with van der Waals surface area (Å²) in [6.45, 7) is 11.1. The van der Waals surface area contributed by atoms with E-state index in [0.717, 1.165) is 17.9 Å². The lowest BCUT2D eigenvalue weighted by Gasteiger charge is -2.34. The molecule has 4 heteroatoms. The van der Waals surface area contributed by atoms with Gasteiger partial charge < -0.3 is 14.8 Å². The molecule has 1 aromatic heterocycles. The van der Waals surface area contributed by atoms with Crippen molar-refractivity contribution in [1.82, 2.24) is 10.3 Å². The predicted octanol–water partition coefficient (Wildman–Crippen LogP) is 2.94. The van der Waals surface area contributed by atoms with Gasteiger partial charge in [0.15, 0.2) is 0 Å². The Morgan fingerprint density at radius 2 is 2.00 bits per heavy atom. The number of hydrogen-bond acceptors (Lipinski definition) is 4. The second-order valence-electron chi connectivity index (χ2n) is 5.42. The molecule has 1 heterocycles. The number of methoxy groups -OCH3 is 1. The Morgan fingerprint density at radius 3 is 2.53 bits per heavy atom. The van der Waals surface area contributed by atoms with Crippen molar-refractivity contribution in [2.75, 3.05) is 13.7 Å². The summed E-state index contributed by atoms with van der Waals surface area (Å²) in [4.78, 5) is 4.27. The molecule has 0 saturated carbocycles. The van der Waals surface area contributed by atoms with Crippen LogP contribution in [0.4, 0.5) is 0 Å².